The maximum Gasteiger partial charge on any atom is 0.229 e. The molecule has 0 N–H and O–H groups in total. The Bertz CT molecular complexity index is 2590. The number of para-hydroxylation sites is 1. The van der Waals surface area contributed by atoms with E-state index in [9.17, 15) is 5.26 Å². The highest BCUT2D eigenvalue weighted by Gasteiger charge is 2.22. The van der Waals surface area contributed by atoms with Gasteiger partial charge in [0.05, 0.1) is 22.9 Å². The summed E-state index contributed by atoms with van der Waals surface area (Å²) < 4.78 is 6.63. The van der Waals surface area contributed by atoms with E-state index >= 15 is 0 Å². The third-order valence-electron chi connectivity index (χ3n) is 9.20. The molecule has 1 aromatic heterocycles. The molecule has 0 aliphatic heterocycles. The standard InChI is InChI=1S/C45H33N3O/c1-45(2,3)33-25-40(38-24-23-35(36-15-6-7-16-37(36)38)31-21-19-29(27-46)20-22-31)43-42(26-33)49-44(48-43)39-17-8-9-18-41(39)47-28-32-13-10-12-30-11-4-5-14-34(30)32/h4-26,28H,1-3H3. The predicted octanol–water partition coefficient (Wildman–Crippen LogP) is 12.1. The Labute approximate surface area is 285 Å². The minimum absolute atomic E-state index is 0.116. The van der Waals surface area contributed by atoms with Crippen LogP contribution in [-0.4, -0.2) is 11.2 Å². The quantitative estimate of drug-likeness (QED) is 0.178. The van der Waals surface area contributed by atoms with Gasteiger partial charge in [0.2, 0.25) is 5.89 Å². The fourth-order valence-corrected chi connectivity index (χ4v) is 6.56. The van der Waals surface area contributed by atoms with Gasteiger partial charge in [-0.25, -0.2) is 4.98 Å². The third kappa shape index (κ3) is 5.56. The van der Waals surface area contributed by atoms with Crippen LogP contribution in [0.2, 0.25) is 0 Å². The fraction of sp³-hybridized carbons (Fsp3) is 0.0889. The minimum Gasteiger partial charge on any atom is -0.436 e. The molecular weight excluding hydrogens is 599 g/mol. The van der Waals surface area contributed by atoms with Gasteiger partial charge < -0.3 is 4.42 Å². The van der Waals surface area contributed by atoms with Crippen LogP contribution in [0.25, 0.3) is 66.4 Å². The molecule has 4 heteroatoms. The summed E-state index contributed by atoms with van der Waals surface area (Å²) in [6.45, 7) is 6.66. The second-order valence-corrected chi connectivity index (χ2v) is 13.4. The monoisotopic (exact) mass is 631 g/mol. The van der Waals surface area contributed by atoms with Gasteiger partial charge in [0.1, 0.15) is 5.52 Å². The summed E-state index contributed by atoms with van der Waals surface area (Å²) in [6.07, 6.45) is 1.93. The average Bonchev–Trinajstić information content (AvgIpc) is 3.57. The van der Waals surface area contributed by atoms with Crippen LogP contribution in [0.3, 0.4) is 0 Å². The molecule has 0 aliphatic carbocycles. The summed E-state index contributed by atoms with van der Waals surface area (Å²) in [5, 5.41) is 13.9. The average molecular weight is 632 g/mol. The van der Waals surface area contributed by atoms with Gasteiger partial charge in [-0.3, -0.25) is 4.99 Å². The molecule has 234 valence electrons. The first-order valence-corrected chi connectivity index (χ1v) is 16.5. The van der Waals surface area contributed by atoms with Gasteiger partial charge in [-0.05, 0) is 85.6 Å². The maximum absolute atomic E-state index is 9.33. The van der Waals surface area contributed by atoms with Crippen molar-refractivity contribution in [2.75, 3.05) is 0 Å². The number of rotatable bonds is 5. The number of nitriles is 1. The zero-order chi connectivity index (χ0) is 33.5. The summed E-state index contributed by atoms with van der Waals surface area (Å²) in [6, 6.07) is 49.9. The molecule has 0 saturated carbocycles. The SMILES string of the molecule is CC(C)(C)c1cc(-c2ccc(-c3ccc(C#N)cc3)c3ccccc23)c2nc(-c3ccccc3N=Cc3cccc4ccccc34)oc2c1. The first-order valence-electron chi connectivity index (χ1n) is 16.5. The largest absolute Gasteiger partial charge is 0.436 e. The van der Waals surface area contributed by atoms with Crippen molar-refractivity contribution in [2.24, 2.45) is 4.99 Å². The van der Waals surface area contributed by atoms with Crippen molar-refractivity contribution >= 4 is 44.5 Å². The van der Waals surface area contributed by atoms with Gasteiger partial charge in [-0.2, -0.15) is 5.26 Å². The molecule has 0 unspecified atom stereocenters. The molecule has 0 bridgehead atoms. The lowest BCUT2D eigenvalue weighted by Gasteiger charge is -2.20. The van der Waals surface area contributed by atoms with E-state index in [2.05, 4.69) is 118 Å². The molecule has 0 radical (unpaired) electrons. The molecule has 0 saturated heterocycles. The van der Waals surface area contributed by atoms with Crippen LogP contribution < -0.4 is 0 Å². The maximum atomic E-state index is 9.33. The number of benzene rings is 7. The zero-order valence-electron chi connectivity index (χ0n) is 27.6. The number of nitrogens with zero attached hydrogens (tertiary/aromatic N) is 3. The Hall–Kier alpha value is -6.31. The van der Waals surface area contributed by atoms with E-state index in [-0.39, 0.29) is 5.41 Å². The molecule has 0 aliphatic rings. The van der Waals surface area contributed by atoms with Gasteiger partial charge in [-0.1, -0.05) is 124 Å². The van der Waals surface area contributed by atoms with Crippen LogP contribution in [-0.2, 0) is 5.41 Å². The highest BCUT2D eigenvalue weighted by Crippen LogP contribution is 2.42. The molecule has 0 spiro atoms. The fourth-order valence-electron chi connectivity index (χ4n) is 6.56. The van der Waals surface area contributed by atoms with Gasteiger partial charge in [-0.15, -0.1) is 0 Å². The van der Waals surface area contributed by atoms with Gasteiger partial charge in [0.15, 0.2) is 5.58 Å². The number of aliphatic imine (C=N–C) groups is 1. The molecule has 7 aromatic carbocycles. The number of fused-ring (bicyclic) bond motifs is 3. The summed E-state index contributed by atoms with van der Waals surface area (Å²) in [5.41, 5.74) is 10.2. The smallest absolute Gasteiger partial charge is 0.229 e. The Balaban J connectivity index is 1.29. The summed E-state index contributed by atoms with van der Waals surface area (Å²) in [4.78, 5) is 10.1. The second-order valence-electron chi connectivity index (χ2n) is 13.4. The van der Waals surface area contributed by atoms with Crippen molar-refractivity contribution in [3.63, 3.8) is 0 Å². The lowest BCUT2D eigenvalue weighted by atomic mass is 9.84. The van der Waals surface area contributed by atoms with Crippen molar-refractivity contribution in [3.05, 3.63) is 156 Å². The molecule has 49 heavy (non-hydrogen) atoms. The molecule has 0 amide bonds. The van der Waals surface area contributed by atoms with Crippen molar-refractivity contribution in [1.29, 1.82) is 5.26 Å². The topological polar surface area (TPSA) is 62.2 Å². The van der Waals surface area contributed by atoms with E-state index in [1.54, 1.807) is 0 Å². The molecule has 0 atom stereocenters. The predicted molar refractivity (Wildman–Crippen MR) is 202 cm³/mol. The van der Waals surface area contributed by atoms with E-state index in [0.717, 1.165) is 66.3 Å². The van der Waals surface area contributed by atoms with Crippen LogP contribution in [0.15, 0.2) is 149 Å². The Kier molecular flexibility index (Phi) is 7.39. The van der Waals surface area contributed by atoms with Gasteiger partial charge in [0.25, 0.3) is 0 Å². The molecule has 8 rings (SSSR count). The number of oxazole rings is 1. The van der Waals surface area contributed by atoms with Crippen LogP contribution in [0, 0.1) is 11.3 Å². The van der Waals surface area contributed by atoms with Gasteiger partial charge in [0, 0.05) is 17.3 Å². The lowest BCUT2D eigenvalue weighted by Crippen LogP contribution is -2.11. The Morgan fingerprint density at radius 2 is 1.33 bits per heavy atom. The molecule has 0 fully saturated rings. The first kappa shape index (κ1) is 30.1. The van der Waals surface area contributed by atoms with Crippen molar-refractivity contribution in [1.82, 2.24) is 4.98 Å². The van der Waals surface area contributed by atoms with E-state index < -0.39 is 0 Å². The number of hydrogen-bond acceptors (Lipinski definition) is 4. The molecule has 8 aromatic rings. The summed E-state index contributed by atoms with van der Waals surface area (Å²) in [5.74, 6) is 0.534. The first-order chi connectivity index (χ1) is 23.9. The van der Waals surface area contributed by atoms with E-state index in [1.807, 2.05) is 54.7 Å². The third-order valence-corrected chi connectivity index (χ3v) is 9.20. The molecule has 4 nitrogen and oxygen atoms in total. The second kappa shape index (κ2) is 12.0. The Morgan fingerprint density at radius 3 is 2.10 bits per heavy atom. The number of aromatic nitrogens is 1. The minimum atomic E-state index is -0.116. The van der Waals surface area contributed by atoms with E-state index in [4.69, 9.17) is 14.4 Å². The van der Waals surface area contributed by atoms with Crippen molar-refractivity contribution in [3.8, 4) is 39.8 Å². The highest BCUT2D eigenvalue weighted by molar-refractivity contribution is 6.09. The van der Waals surface area contributed by atoms with Crippen LogP contribution in [0.5, 0.6) is 0 Å². The molecule has 1 heterocycles. The summed E-state index contributed by atoms with van der Waals surface area (Å²) in [7, 11) is 0. The molecular formula is C45H33N3O. The van der Waals surface area contributed by atoms with Crippen LogP contribution >= 0.6 is 0 Å². The van der Waals surface area contributed by atoms with Crippen molar-refractivity contribution < 1.29 is 4.42 Å². The number of hydrogen-bond donors (Lipinski definition) is 0. The highest BCUT2D eigenvalue weighted by atomic mass is 16.3. The Morgan fingerprint density at radius 1 is 0.653 bits per heavy atom. The van der Waals surface area contributed by atoms with Crippen LogP contribution in [0.4, 0.5) is 5.69 Å². The lowest BCUT2D eigenvalue weighted by molar-refractivity contribution is 0.584. The van der Waals surface area contributed by atoms with E-state index in [1.165, 1.54) is 10.9 Å². The van der Waals surface area contributed by atoms with Crippen molar-refractivity contribution in [2.45, 2.75) is 26.2 Å². The van der Waals surface area contributed by atoms with Crippen LogP contribution in [0.1, 0.15) is 37.5 Å². The van der Waals surface area contributed by atoms with E-state index in [0.29, 0.717) is 11.5 Å². The van der Waals surface area contributed by atoms with Gasteiger partial charge >= 0.3 is 0 Å². The zero-order valence-corrected chi connectivity index (χ0v) is 27.6. The normalized spacial score (nSPS) is 11.9. The summed E-state index contributed by atoms with van der Waals surface area (Å²) >= 11 is 0.